The van der Waals surface area contributed by atoms with Crippen LogP contribution in [0.15, 0.2) is 46.2 Å². The summed E-state index contributed by atoms with van der Waals surface area (Å²) in [7, 11) is 2.13. The van der Waals surface area contributed by atoms with Gasteiger partial charge in [-0.15, -0.1) is 0 Å². The van der Waals surface area contributed by atoms with Crippen molar-refractivity contribution in [1.29, 1.82) is 0 Å². The van der Waals surface area contributed by atoms with Crippen molar-refractivity contribution in [2.75, 3.05) is 7.05 Å². The summed E-state index contributed by atoms with van der Waals surface area (Å²) in [6, 6.07) is 4.72. The maximum Gasteiger partial charge on any atom is 0.215 e. The number of aliphatic imine (C=N–C) groups is 1. The van der Waals surface area contributed by atoms with Gasteiger partial charge in [0.05, 0.1) is 5.02 Å². The second kappa shape index (κ2) is 9.34. The molecule has 0 bridgehead atoms. The molecule has 1 aromatic rings. The highest BCUT2D eigenvalue weighted by atomic mass is 35.5. The van der Waals surface area contributed by atoms with Gasteiger partial charge in [-0.2, -0.15) is 0 Å². The van der Waals surface area contributed by atoms with E-state index in [2.05, 4.69) is 39.6 Å². The number of rotatable bonds is 4. The summed E-state index contributed by atoms with van der Waals surface area (Å²) in [5.74, 6) is 1.05. The molecule has 0 saturated carbocycles. The number of benzene rings is 1. The zero-order chi connectivity index (χ0) is 21.9. The normalized spacial score (nSPS) is 23.3. The number of nitrogens with zero attached hydrogens (tertiary/aromatic N) is 2. The van der Waals surface area contributed by atoms with Crippen molar-refractivity contribution in [2.45, 2.75) is 67.0 Å². The molecule has 160 valence electrons. The third-order valence-corrected chi connectivity index (χ3v) is 6.39. The van der Waals surface area contributed by atoms with Crippen LogP contribution >= 0.6 is 11.6 Å². The van der Waals surface area contributed by atoms with E-state index < -0.39 is 5.82 Å². The predicted molar refractivity (Wildman–Crippen MR) is 121 cm³/mol. The number of hydrogen-bond acceptors (Lipinski definition) is 3. The van der Waals surface area contributed by atoms with E-state index >= 15 is 0 Å². The number of allylic oxidation sites excluding steroid dienone is 3. The Balaban J connectivity index is 2.38. The van der Waals surface area contributed by atoms with Gasteiger partial charge < -0.3 is 9.64 Å². The van der Waals surface area contributed by atoms with Gasteiger partial charge >= 0.3 is 0 Å². The summed E-state index contributed by atoms with van der Waals surface area (Å²) in [4.78, 5) is 7.05. The fourth-order valence-electron chi connectivity index (χ4n) is 3.57. The third-order valence-electron chi connectivity index (χ3n) is 6.08. The molecular weight excluding hydrogens is 387 g/mol. The van der Waals surface area contributed by atoms with Gasteiger partial charge in [-0.05, 0) is 70.6 Å². The Morgan fingerprint density at radius 3 is 2.55 bits per heavy atom. The smallest absolute Gasteiger partial charge is 0.215 e. The van der Waals surface area contributed by atoms with E-state index in [0.717, 1.165) is 17.7 Å². The largest absolute Gasteiger partial charge is 0.473 e. The summed E-state index contributed by atoms with van der Waals surface area (Å²) in [5.41, 5.74) is 4.02. The van der Waals surface area contributed by atoms with E-state index in [4.69, 9.17) is 21.3 Å². The Labute approximate surface area is 180 Å². The van der Waals surface area contributed by atoms with Crippen LogP contribution in [0.25, 0.3) is 0 Å². The second-order valence-corrected chi connectivity index (χ2v) is 9.39. The van der Waals surface area contributed by atoms with Crippen LogP contribution in [0.1, 0.15) is 60.5 Å². The molecule has 1 aliphatic heterocycles. The molecule has 29 heavy (non-hydrogen) atoms. The monoisotopic (exact) mass is 420 g/mol. The van der Waals surface area contributed by atoms with E-state index in [0.29, 0.717) is 23.3 Å². The fraction of sp³-hybridized carbons (Fsp3) is 0.542. The van der Waals surface area contributed by atoms with Crippen LogP contribution in [-0.4, -0.2) is 23.4 Å². The van der Waals surface area contributed by atoms with E-state index in [9.17, 15) is 4.39 Å². The number of likely N-dealkylation sites (tertiary alicyclic amines) is 1. The first-order chi connectivity index (χ1) is 13.4. The summed E-state index contributed by atoms with van der Waals surface area (Å²) >= 11 is 5.79. The molecular formula is C24H34ClFN2O. The Hall–Kier alpha value is -1.81. The van der Waals surface area contributed by atoms with Crippen molar-refractivity contribution in [3.8, 4) is 0 Å². The molecule has 0 aromatic heterocycles. The zero-order valence-electron chi connectivity index (χ0n) is 18.9. The van der Waals surface area contributed by atoms with Gasteiger partial charge in [-0.3, -0.25) is 0 Å². The first-order valence-electron chi connectivity index (χ1n) is 10.2. The number of halogens is 2. The molecule has 0 spiro atoms. The van der Waals surface area contributed by atoms with E-state index in [1.54, 1.807) is 12.1 Å². The Morgan fingerprint density at radius 2 is 1.97 bits per heavy atom. The van der Waals surface area contributed by atoms with Gasteiger partial charge in [-0.1, -0.05) is 37.1 Å². The highest BCUT2D eigenvalue weighted by molar-refractivity contribution is 6.30. The maximum absolute atomic E-state index is 13.8. The minimum Gasteiger partial charge on any atom is -0.473 e. The van der Waals surface area contributed by atoms with Crippen LogP contribution in [0.3, 0.4) is 0 Å². The molecule has 2 unspecified atom stereocenters. The molecule has 3 nitrogen and oxygen atoms in total. The molecule has 1 aromatic carbocycles. The SMILES string of the molecule is CC(C)=C(C)N=C(C=C1C(C)C(C)CC(C)(C)N1C)OCc1ccc(Cl)c(F)c1. The molecule has 0 amide bonds. The molecule has 1 fully saturated rings. The lowest BCUT2D eigenvalue weighted by Crippen LogP contribution is -2.49. The lowest BCUT2D eigenvalue weighted by atomic mass is 9.76. The minimum atomic E-state index is -0.443. The third kappa shape index (κ3) is 5.85. The van der Waals surface area contributed by atoms with Crippen LogP contribution in [0.5, 0.6) is 0 Å². The van der Waals surface area contributed by atoms with Gasteiger partial charge in [0.2, 0.25) is 5.90 Å². The Bertz CT molecular complexity index is 837. The van der Waals surface area contributed by atoms with Gasteiger partial charge in [0, 0.05) is 30.1 Å². The summed E-state index contributed by atoms with van der Waals surface area (Å²) in [6.07, 6.45) is 3.17. The average molecular weight is 421 g/mol. The van der Waals surface area contributed by atoms with Crippen LogP contribution in [0, 0.1) is 17.7 Å². The number of hydrogen-bond donors (Lipinski definition) is 0. The first kappa shape index (κ1) is 23.5. The summed E-state index contributed by atoms with van der Waals surface area (Å²) < 4.78 is 19.8. The lowest BCUT2D eigenvalue weighted by molar-refractivity contribution is 0.0884. The van der Waals surface area contributed by atoms with Crippen molar-refractivity contribution in [2.24, 2.45) is 16.8 Å². The van der Waals surface area contributed by atoms with E-state index in [1.807, 2.05) is 26.8 Å². The zero-order valence-corrected chi connectivity index (χ0v) is 19.7. The molecule has 0 radical (unpaired) electrons. The van der Waals surface area contributed by atoms with Gasteiger partial charge in [0.25, 0.3) is 0 Å². The van der Waals surface area contributed by atoms with Crippen molar-refractivity contribution in [3.05, 3.63) is 57.6 Å². The second-order valence-electron chi connectivity index (χ2n) is 8.98. The highest BCUT2D eigenvalue weighted by Crippen LogP contribution is 2.40. The Kier molecular flexibility index (Phi) is 7.56. The predicted octanol–water partition coefficient (Wildman–Crippen LogP) is 6.98. The molecule has 1 heterocycles. The van der Waals surface area contributed by atoms with Gasteiger partial charge in [0.1, 0.15) is 12.4 Å². The molecule has 0 N–H and O–H groups in total. The quantitative estimate of drug-likeness (QED) is 0.387. The van der Waals surface area contributed by atoms with Crippen molar-refractivity contribution >= 4 is 17.5 Å². The van der Waals surface area contributed by atoms with E-state index in [-0.39, 0.29) is 17.2 Å². The molecule has 1 aliphatic rings. The van der Waals surface area contributed by atoms with Crippen molar-refractivity contribution in [1.82, 2.24) is 4.90 Å². The Morgan fingerprint density at radius 1 is 1.31 bits per heavy atom. The van der Waals surface area contributed by atoms with Gasteiger partial charge in [-0.25, -0.2) is 9.38 Å². The molecule has 2 rings (SSSR count). The standard InChI is InChI=1S/C24H34ClFN2O/c1-15(2)18(5)27-23(29-14-19-9-10-20(25)21(26)11-19)12-22-17(4)16(3)13-24(6,7)28(22)8/h9-12,16-17H,13-14H2,1-8H3. The van der Waals surface area contributed by atoms with Crippen molar-refractivity contribution < 1.29 is 9.13 Å². The molecule has 0 aliphatic carbocycles. The van der Waals surface area contributed by atoms with Crippen LogP contribution in [0.2, 0.25) is 5.02 Å². The number of piperidine rings is 1. The lowest BCUT2D eigenvalue weighted by Gasteiger charge is -2.49. The fourth-order valence-corrected chi connectivity index (χ4v) is 3.69. The molecule has 2 atom stereocenters. The topological polar surface area (TPSA) is 24.8 Å². The minimum absolute atomic E-state index is 0.0632. The molecule has 5 heteroatoms. The summed E-state index contributed by atoms with van der Waals surface area (Å²) in [6.45, 7) is 15.3. The van der Waals surface area contributed by atoms with Crippen LogP contribution in [0.4, 0.5) is 4.39 Å². The maximum atomic E-state index is 13.8. The van der Waals surface area contributed by atoms with Crippen LogP contribution < -0.4 is 0 Å². The first-order valence-corrected chi connectivity index (χ1v) is 10.5. The average Bonchev–Trinajstić information content (AvgIpc) is 2.63. The van der Waals surface area contributed by atoms with Crippen molar-refractivity contribution in [3.63, 3.8) is 0 Å². The van der Waals surface area contributed by atoms with Crippen LogP contribution in [-0.2, 0) is 11.3 Å². The number of ether oxygens (including phenoxy) is 1. The molecule has 1 saturated heterocycles. The highest BCUT2D eigenvalue weighted by Gasteiger charge is 2.37. The summed E-state index contributed by atoms with van der Waals surface area (Å²) in [5, 5.41) is 0.110. The van der Waals surface area contributed by atoms with Gasteiger partial charge in [0.15, 0.2) is 0 Å². The van der Waals surface area contributed by atoms with E-state index in [1.165, 1.54) is 11.8 Å².